The van der Waals surface area contributed by atoms with Crippen LogP contribution in [0.1, 0.15) is 27.9 Å². The Morgan fingerprint density at radius 2 is 1.68 bits per heavy atom. The molecule has 25 heavy (non-hydrogen) atoms. The zero-order chi connectivity index (χ0) is 17.6. The first kappa shape index (κ1) is 17.1. The van der Waals surface area contributed by atoms with Gasteiger partial charge in [-0.15, -0.1) is 0 Å². The van der Waals surface area contributed by atoms with Crippen molar-refractivity contribution in [3.05, 3.63) is 65.5 Å². The number of hydrogen-bond donors (Lipinski definition) is 0. The molecule has 1 fully saturated rings. The SMILES string of the molecule is Cc1ccc(CCC(=O)N2CCN(C(=O)c3cccnc3)CC2)cc1. The molecule has 0 aliphatic carbocycles. The van der Waals surface area contributed by atoms with E-state index in [1.807, 2.05) is 4.90 Å². The molecule has 1 aromatic carbocycles. The van der Waals surface area contributed by atoms with Crippen molar-refractivity contribution < 1.29 is 9.59 Å². The number of carbonyl (C=O) groups excluding carboxylic acids is 2. The Kier molecular flexibility index (Phi) is 5.43. The Labute approximate surface area is 148 Å². The van der Waals surface area contributed by atoms with Crippen LogP contribution in [0.3, 0.4) is 0 Å². The maximum absolute atomic E-state index is 12.4. The van der Waals surface area contributed by atoms with E-state index in [-0.39, 0.29) is 11.8 Å². The fraction of sp³-hybridized carbons (Fsp3) is 0.350. The summed E-state index contributed by atoms with van der Waals surface area (Å²) in [4.78, 5) is 32.4. The van der Waals surface area contributed by atoms with E-state index in [9.17, 15) is 9.59 Å². The van der Waals surface area contributed by atoms with Crippen LogP contribution in [-0.2, 0) is 11.2 Å². The molecule has 5 nitrogen and oxygen atoms in total. The molecule has 1 saturated heterocycles. The number of rotatable bonds is 4. The molecule has 0 unspecified atom stereocenters. The van der Waals surface area contributed by atoms with E-state index in [0.717, 1.165) is 6.42 Å². The zero-order valence-electron chi connectivity index (χ0n) is 14.5. The molecule has 0 atom stereocenters. The van der Waals surface area contributed by atoms with Crippen LogP contribution in [0.25, 0.3) is 0 Å². The molecule has 2 heterocycles. The first-order valence-electron chi connectivity index (χ1n) is 8.66. The van der Waals surface area contributed by atoms with Crippen LogP contribution in [0.4, 0.5) is 0 Å². The van der Waals surface area contributed by atoms with E-state index in [1.165, 1.54) is 11.1 Å². The van der Waals surface area contributed by atoms with Crippen molar-refractivity contribution in [1.82, 2.24) is 14.8 Å². The highest BCUT2D eigenvalue weighted by atomic mass is 16.2. The van der Waals surface area contributed by atoms with Crippen LogP contribution in [0.2, 0.25) is 0 Å². The minimum atomic E-state index is -0.0140. The van der Waals surface area contributed by atoms with E-state index >= 15 is 0 Å². The monoisotopic (exact) mass is 337 g/mol. The summed E-state index contributed by atoms with van der Waals surface area (Å²) in [6, 6.07) is 11.8. The van der Waals surface area contributed by atoms with E-state index < -0.39 is 0 Å². The quantitative estimate of drug-likeness (QED) is 0.860. The molecule has 0 bridgehead atoms. The second kappa shape index (κ2) is 7.92. The summed E-state index contributed by atoms with van der Waals surface area (Å²) in [6.45, 7) is 4.40. The third kappa shape index (κ3) is 4.44. The predicted octanol–water partition coefficient (Wildman–Crippen LogP) is 2.31. The van der Waals surface area contributed by atoms with Crippen molar-refractivity contribution in [3.8, 4) is 0 Å². The van der Waals surface area contributed by atoms with Gasteiger partial charge in [0, 0.05) is 45.0 Å². The third-order valence-electron chi connectivity index (χ3n) is 4.58. The van der Waals surface area contributed by atoms with Crippen molar-refractivity contribution in [2.24, 2.45) is 0 Å². The molecular formula is C20H23N3O2. The van der Waals surface area contributed by atoms with Gasteiger partial charge in [-0.05, 0) is 31.0 Å². The fourth-order valence-electron chi connectivity index (χ4n) is 2.99. The number of carbonyl (C=O) groups is 2. The minimum absolute atomic E-state index is 0.0140. The number of nitrogens with zero attached hydrogens (tertiary/aromatic N) is 3. The second-order valence-electron chi connectivity index (χ2n) is 6.40. The molecule has 0 N–H and O–H groups in total. The van der Waals surface area contributed by atoms with Crippen molar-refractivity contribution in [2.75, 3.05) is 26.2 Å². The highest BCUT2D eigenvalue weighted by molar-refractivity contribution is 5.94. The van der Waals surface area contributed by atoms with E-state index in [1.54, 1.807) is 29.4 Å². The van der Waals surface area contributed by atoms with Crippen molar-refractivity contribution in [2.45, 2.75) is 19.8 Å². The topological polar surface area (TPSA) is 53.5 Å². The van der Waals surface area contributed by atoms with Gasteiger partial charge < -0.3 is 9.80 Å². The largest absolute Gasteiger partial charge is 0.339 e. The van der Waals surface area contributed by atoms with Gasteiger partial charge in [0.05, 0.1) is 5.56 Å². The van der Waals surface area contributed by atoms with Gasteiger partial charge in [0.2, 0.25) is 5.91 Å². The summed E-state index contributed by atoms with van der Waals surface area (Å²) in [5.41, 5.74) is 3.01. The summed E-state index contributed by atoms with van der Waals surface area (Å²) in [5.74, 6) is 0.147. The lowest BCUT2D eigenvalue weighted by Gasteiger charge is -2.34. The lowest BCUT2D eigenvalue weighted by molar-refractivity contribution is -0.132. The van der Waals surface area contributed by atoms with Gasteiger partial charge in [0.1, 0.15) is 0 Å². The highest BCUT2D eigenvalue weighted by Crippen LogP contribution is 2.11. The maximum atomic E-state index is 12.4. The molecule has 2 amide bonds. The molecule has 1 aliphatic rings. The molecule has 2 aromatic rings. The van der Waals surface area contributed by atoms with Crippen LogP contribution in [0.15, 0.2) is 48.8 Å². The molecule has 0 saturated carbocycles. The fourth-order valence-corrected chi connectivity index (χ4v) is 2.99. The molecule has 1 aromatic heterocycles. The summed E-state index contributed by atoms with van der Waals surface area (Å²) in [5, 5.41) is 0. The Hall–Kier alpha value is -2.69. The van der Waals surface area contributed by atoms with Gasteiger partial charge in [-0.1, -0.05) is 29.8 Å². The standard InChI is InChI=1S/C20H23N3O2/c1-16-4-6-17(7-5-16)8-9-19(24)22-11-13-23(14-12-22)20(25)18-3-2-10-21-15-18/h2-7,10,15H,8-9,11-14H2,1H3. The van der Waals surface area contributed by atoms with Crippen LogP contribution in [0.5, 0.6) is 0 Å². The second-order valence-corrected chi connectivity index (χ2v) is 6.40. The Morgan fingerprint density at radius 1 is 1.00 bits per heavy atom. The average molecular weight is 337 g/mol. The van der Waals surface area contributed by atoms with Crippen LogP contribution < -0.4 is 0 Å². The molecule has 5 heteroatoms. The van der Waals surface area contributed by atoms with Crippen LogP contribution in [0, 0.1) is 6.92 Å². The lowest BCUT2D eigenvalue weighted by Crippen LogP contribution is -2.50. The first-order valence-corrected chi connectivity index (χ1v) is 8.66. The Bertz CT molecular complexity index is 720. The van der Waals surface area contributed by atoms with Gasteiger partial charge in [-0.25, -0.2) is 0 Å². The van der Waals surface area contributed by atoms with Gasteiger partial charge in [0.25, 0.3) is 5.91 Å². The van der Waals surface area contributed by atoms with Crippen LogP contribution in [-0.4, -0.2) is 52.8 Å². The highest BCUT2D eigenvalue weighted by Gasteiger charge is 2.24. The molecule has 130 valence electrons. The summed E-state index contributed by atoms with van der Waals surface area (Å²) in [7, 11) is 0. The lowest BCUT2D eigenvalue weighted by atomic mass is 10.1. The van der Waals surface area contributed by atoms with E-state index in [2.05, 4.69) is 36.2 Å². The molecule has 1 aliphatic heterocycles. The number of benzene rings is 1. The molecule has 0 spiro atoms. The number of aromatic nitrogens is 1. The summed E-state index contributed by atoms with van der Waals surface area (Å²) < 4.78 is 0. The molecular weight excluding hydrogens is 314 g/mol. The minimum Gasteiger partial charge on any atom is -0.339 e. The zero-order valence-corrected chi connectivity index (χ0v) is 14.5. The Morgan fingerprint density at radius 3 is 2.32 bits per heavy atom. The summed E-state index contributed by atoms with van der Waals surface area (Å²) in [6.07, 6.45) is 4.51. The number of piperazine rings is 1. The maximum Gasteiger partial charge on any atom is 0.255 e. The van der Waals surface area contributed by atoms with Crippen molar-refractivity contribution in [3.63, 3.8) is 0 Å². The van der Waals surface area contributed by atoms with Crippen molar-refractivity contribution >= 4 is 11.8 Å². The summed E-state index contributed by atoms with van der Waals surface area (Å²) >= 11 is 0. The van der Waals surface area contributed by atoms with Crippen molar-refractivity contribution in [1.29, 1.82) is 0 Å². The first-order chi connectivity index (χ1) is 12.1. The molecule has 0 radical (unpaired) electrons. The number of pyridine rings is 1. The smallest absolute Gasteiger partial charge is 0.255 e. The average Bonchev–Trinajstić information content (AvgIpc) is 2.67. The molecule has 3 rings (SSSR count). The van der Waals surface area contributed by atoms with E-state index in [4.69, 9.17) is 0 Å². The van der Waals surface area contributed by atoms with Gasteiger partial charge in [0.15, 0.2) is 0 Å². The number of aryl methyl sites for hydroxylation is 2. The van der Waals surface area contributed by atoms with Crippen LogP contribution >= 0.6 is 0 Å². The Balaban J connectivity index is 1.47. The van der Waals surface area contributed by atoms with E-state index in [0.29, 0.717) is 38.2 Å². The third-order valence-corrected chi connectivity index (χ3v) is 4.58. The normalized spacial score (nSPS) is 14.4. The van der Waals surface area contributed by atoms with Gasteiger partial charge in [-0.2, -0.15) is 0 Å². The number of hydrogen-bond acceptors (Lipinski definition) is 3. The van der Waals surface area contributed by atoms with Gasteiger partial charge >= 0.3 is 0 Å². The predicted molar refractivity (Wildman–Crippen MR) is 96.2 cm³/mol. The number of amides is 2. The van der Waals surface area contributed by atoms with Gasteiger partial charge in [-0.3, -0.25) is 14.6 Å².